The number of anilines is 1. The average molecular weight is 282 g/mol. The fraction of sp³-hybridized carbons (Fsp3) is 0.235. The molecule has 4 heteroatoms. The lowest BCUT2D eigenvalue weighted by Gasteiger charge is -2.25. The summed E-state index contributed by atoms with van der Waals surface area (Å²) in [6.45, 7) is 0.618. The zero-order valence-corrected chi connectivity index (χ0v) is 11.7. The summed E-state index contributed by atoms with van der Waals surface area (Å²) in [6, 6.07) is 15.2. The van der Waals surface area contributed by atoms with Gasteiger partial charge in [0.25, 0.3) is 0 Å². The highest BCUT2D eigenvalue weighted by atomic mass is 16.3. The Morgan fingerprint density at radius 2 is 1.86 bits per heavy atom. The average Bonchev–Trinajstić information content (AvgIpc) is 2.55. The Labute approximate surface area is 123 Å². The van der Waals surface area contributed by atoms with Crippen LogP contribution in [0.5, 0.6) is 0 Å². The number of fused-ring (bicyclic) bond motifs is 1. The molecule has 0 saturated heterocycles. The maximum atomic E-state index is 12.4. The van der Waals surface area contributed by atoms with E-state index in [9.17, 15) is 9.90 Å². The molecule has 1 heterocycles. The van der Waals surface area contributed by atoms with Crippen LogP contribution in [0.25, 0.3) is 0 Å². The van der Waals surface area contributed by atoms with E-state index in [2.05, 4.69) is 22.8 Å². The van der Waals surface area contributed by atoms with Crippen molar-refractivity contribution in [2.75, 3.05) is 5.32 Å². The van der Waals surface area contributed by atoms with Crippen molar-refractivity contribution in [3.8, 4) is 0 Å². The summed E-state index contributed by atoms with van der Waals surface area (Å²) in [5, 5.41) is 15.5. The number of hydrogen-bond acceptors (Lipinski definition) is 3. The summed E-state index contributed by atoms with van der Waals surface area (Å²) >= 11 is 0. The molecule has 2 aromatic rings. The Balaban J connectivity index is 1.72. The van der Waals surface area contributed by atoms with Gasteiger partial charge in [0.15, 0.2) is 0 Å². The monoisotopic (exact) mass is 282 g/mol. The van der Waals surface area contributed by atoms with Crippen molar-refractivity contribution in [3.63, 3.8) is 0 Å². The third-order valence-electron chi connectivity index (χ3n) is 3.84. The number of amides is 1. The smallest absolute Gasteiger partial charge is 0.241 e. The second-order valence-electron chi connectivity index (χ2n) is 5.21. The van der Waals surface area contributed by atoms with Gasteiger partial charge in [-0.1, -0.05) is 42.5 Å². The molecule has 4 nitrogen and oxygen atoms in total. The minimum absolute atomic E-state index is 0.0644. The molecule has 1 aliphatic rings. The molecule has 2 aromatic carbocycles. The van der Waals surface area contributed by atoms with Gasteiger partial charge in [0.1, 0.15) is 0 Å². The zero-order valence-electron chi connectivity index (χ0n) is 11.7. The topological polar surface area (TPSA) is 61.4 Å². The van der Waals surface area contributed by atoms with Gasteiger partial charge in [0.05, 0.1) is 12.6 Å². The van der Waals surface area contributed by atoms with Crippen molar-refractivity contribution in [1.82, 2.24) is 5.32 Å². The third kappa shape index (κ3) is 2.96. The van der Waals surface area contributed by atoms with Crippen LogP contribution in [0.1, 0.15) is 16.7 Å². The van der Waals surface area contributed by atoms with E-state index in [1.165, 1.54) is 11.1 Å². The lowest BCUT2D eigenvalue weighted by atomic mass is 9.95. The Kier molecular flexibility index (Phi) is 3.99. The minimum atomic E-state index is -0.244. The Bertz CT molecular complexity index is 655. The number of carbonyl (C=O) groups is 1. The van der Waals surface area contributed by atoms with Gasteiger partial charge in [-0.2, -0.15) is 0 Å². The molecule has 108 valence electrons. The van der Waals surface area contributed by atoms with Crippen LogP contribution in [0.15, 0.2) is 48.5 Å². The first-order valence-corrected chi connectivity index (χ1v) is 7.07. The fourth-order valence-corrected chi connectivity index (χ4v) is 2.64. The fourth-order valence-electron chi connectivity index (χ4n) is 2.64. The molecule has 1 atom stereocenters. The van der Waals surface area contributed by atoms with E-state index in [4.69, 9.17) is 0 Å². The summed E-state index contributed by atoms with van der Waals surface area (Å²) in [4.78, 5) is 12.4. The Morgan fingerprint density at radius 1 is 1.14 bits per heavy atom. The third-order valence-corrected chi connectivity index (χ3v) is 3.84. The Morgan fingerprint density at radius 3 is 2.67 bits per heavy atom. The summed E-state index contributed by atoms with van der Waals surface area (Å²) in [5.41, 5.74) is 3.86. The van der Waals surface area contributed by atoms with Crippen LogP contribution in [0.4, 0.5) is 5.69 Å². The molecule has 0 spiro atoms. The maximum absolute atomic E-state index is 12.4. The molecule has 3 N–H and O–H groups in total. The number of aliphatic hydroxyl groups excluding tert-OH is 1. The molecule has 3 rings (SSSR count). The highest BCUT2D eigenvalue weighted by Crippen LogP contribution is 2.19. The maximum Gasteiger partial charge on any atom is 0.241 e. The highest BCUT2D eigenvalue weighted by molar-refractivity contribution is 5.95. The predicted molar refractivity (Wildman–Crippen MR) is 81.8 cm³/mol. The van der Waals surface area contributed by atoms with Crippen molar-refractivity contribution >= 4 is 11.6 Å². The van der Waals surface area contributed by atoms with E-state index in [-0.39, 0.29) is 18.6 Å². The van der Waals surface area contributed by atoms with Crippen LogP contribution in [-0.4, -0.2) is 17.1 Å². The minimum Gasteiger partial charge on any atom is -0.392 e. The van der Waals surface area contributed by atoms with Crippen molar-refractivity contribution in [2.24, 2.45) is 0 Å². The number of para-hydroxylation sites is 1. The van der Waals surface area contributed by atoms with E-state index >= 15 is 0 Å². The van der Waals surface area contributed by atoms with E-state index in [0.717, 1.165) is 5.56 Å². The predicted octanol–water partition coefficient (Wildman–Crippen LogP) is 1.83. The molecule has 21 heavy (non-hydrogen) atoms. The summed E-state index contributed by atoms with van der Waals surface area (Å²) in [7, 11) is 0. The van der Waals surface area contributed by atoms with Crippen molar-refractivity contribution in [1.29, 1.82) is 0 Å². The second-order valence-corrected chi connectivity index (χ2v) is 5.21. The highest BCUT2D eigenvalue weighted by Gasteiger charge is 2.24. The number of carbonyl (C=O) groups excluding carboxylic acids is 1. The van der Waals surface area contributed by atoms with Gasteiger partial charge in [0, 0.05) is 17.8 Å². The number of nitrogens with one attached hydrogen (secondary N) is 2. The lowest BCUT2D eigenvalue weighted by molar-refractivity contribution is -0.118. The van der Waals surface area contributed by atoms with Gasteiger partial charge < -0.3 is 15.7 Å². The molecular formula is C17H18N2O2. The summed E-state index contributed by atoms with van der Waals surface area (Å²) < 4.78 is 0. The zero-order chi connectivity index (χ0) is 14.7. The lowest BCUT2D eigenvalue weighted by Crippen LogP contribution is -2.44. The molecule has 0 radical (unpaired) electrons. The van der Waals surface area contributed by atoms with Crippen LogP contribution >= 0.6 is 0 Å². The van der Waals surface area contributed by atoms with Gasteiger partial charge in [-0.3, -0.25) is 4.79 Å². The standard InChI is InChI=1S/C17H18N2O2/c20-11-14-7-3-4-8-15(14)19-17(21)16-9-12-5-1-2-6-13(12)10-18-16/h1-8,16,18,20H,9-11H2,(H,19,21)/t16-/m0/s1. The van der Waals surface area contributed by atoms with Gasteiger partial charge >= 0.3 is 0 Å². The molecule has 0 saturated carbocycles. The summed E-state index contributed by atoms with van der Waals surface area (Å²) in [6.07, 6.45) is 0.684. The molecule has 1 aliphatic heterocycles. The molecule has 0 unspecified atom stereocenters. The van der Waals surface area contributed by atoms with Crippen molar-refractivity contribution < 1.29 is 9.90 Å². The summed E-state index contributed by atoms with van der Waals surface area (Å²) in [5.74, 6) is -0.0644. The van der Waals surface area contributed by atoms with Gasteiger partial charge in [-0.05, 0) is 23.6 Å². The largest absolute Gasteiger partial charge is 0.392 e. The molecule has 0 aromatic heterocycles. The number of hydrogen-bond donors (Lipinski definition) is 3. The van der Waals surface area contributed by atoms with Gasteiger partial charge in [-0.15, -0.1) is 0 Å². The van der Waals surface area contributed by atoms with Crippen LogP contribution < -0.4 is 10.6 Å². The first kappa shape index (κ1) is 13.8. The van der Waals surface area contributed by atoms with Crippen LogP contribution in [-0.2, 0) is 24.4 Å². The normalized spacial score (nSPS) is 17.1. The molecule has 0 aliphatic carbocycles. The van der Waals surface area contributed by atoms with Gasteiger partial charge in [0.2, 0.25) is 5.91 Å². The second kappa shape index (κ2) is 6.08. The quantitative estimate of drug-likeness (QED) is 0.805. The van der Waals surface area contributed by atoms with E-state index in [1.54, 1.807) is 12.1 Å². The molecular weight excluding hydrogens is 264 g/mol. The van der Waals surface area contributed by atoms with E-state index < -0.39 is 0 Å². The number of benzene rings is 2. The SMILES string of the molecule is O=C(Nc1ccccc1CO)[C@@H]1Cc2ccccc2CN1. The Hall–Kier alpha value is -2.17. The number of aliphatic hydroxyl groups is 1. The van der Waals surface area contributed by atoms with Crippen LogP contribution in [0, 0.1) is 0 Å². The molecule has 1 amide bonds. The van der Waals surface area contributed by atoms with Crippen LogP contribution in [0.2, 0.25) is 0 Å². The van der Waals surface area contributed by atoms with Crippen molar-refractivity contribution in [2.45, 2.75) is 25.6 Å². The van der Waals surface area contributed by atoms with Crippen LogP contribution in [0.3, 0.4) is 0 Å². The first-order valence-electron chi connectivity index (χ1n) is 7.07. The number of rotatable bonds is 3. The molecule has 0 fully saturated rings. The molecule has 0 bridgehead atoms. The van der Waals surface area contributed by atoms with E-state index in [1.807, 2.05) is 24.3 Å². The van der Waals surface area contributed by atoms with Gasteiger partial charge in [-0.25, -0.2) is 0 Å². The van der Waals surface area contributed by atoms with Crippen molar-refractivity contribution in [3.05, 3.63) is 65.2 Å². The first-order chi connectivity index (χ1) is 10.3. The van der Waals surface area contributed by atoms with E-state index in [0.29, 0.717) is 18.7 Å².